The largest absolute Gasteiger partial charge is 0.456 e. The molecule has 0 radical (unpaired) electrons. The molecule has 0 aliphatic carbocycles. The molecule has 0 N–H and O–H groups in total. The van der Waals surface area contributed by atoms with Gasteiger partial charge in [0.15, 0.2) is 23.1 Å². The Kier molecular flexibility index (Phi) is 5.83. The zero-order valence-electron chi connectivity index (χ0n) is 26.9. The average molecular weight is 657 g/mol. The number of fused-ring (bicyclic) bond motifs is 10. The molecule has 0 saturated carbocycles. The Hall–Kier alpha value is -7.12. The van der Waals surface area contributed by atoms with Crippen molar-refractivity contribution in [2.75, 3.05) is 0 Å². The van der Waals surface area contributed by atoms with Crippen LogP contribution >= 0.6 is 0 Å². The van der Waals surface area contributed by atoms with Crippen LogP contribution in [0.25, 0.3) is 111 Å². The smallest absolute Gasteiger partial charge is 0.227 e. The summed E-state index contributed by atoms with van der Waals surface area (Å²) in [7, 11) is 0. The lowest BCUT2D eigenvalue weighted by atomic mass is 10.0. The summed E-state index contributed by atoms with van der Waals surface area (Å²) in [5.74, 6) is 2.36. The molecule has 51 heavy (non-hydrogen) atoms. The molecule has 0 saturated heterocycles. The van der Waals surface area contributed by atoms with Gasteiger partial charge in [-0.25, -0.2) is 19.9 Å². The quantitative estimate of drug-likeness (QED) is 0.186. The van der Waals surface area contributed by atoms with Gasteiger partial charge in [-0.2, -0.15) is 0 Å². The first-order valence-electron chi connectivity index (χ1n) is 16.7. The Morgan fingerprint density at radius 3 is 1.82 bits per heavy atom. The van der Waals surface area contributed by atoms with Gasteiger partial charge in [0.2, 0.25) is 5.89 Å². The predicted octanol–water partition coefficient (Wildman–Crippen LogP) is 11.6. The lowest BCUT2D eigenvalue weighted by Gasteiger charge is -2.09. The molecule has 7 nitrogen and oxygen atoms in total. The molecule has 0 aliphatic heterocycles. The fourth-order valence-corrected chi connectivity index (χ4v) is 7.09. The Morgan fingerprint density at radius 2 is 1.00 bits per heavy atom. The van der Waals surface area contributed by atoms with Crippen molar-refractivity contribution >= 4 is 65.7 Å². The number of nitrogens with zero attached hydrogens (tertiary/aromatic N) is 4. The summed E-state index contributed by atoms with van der Waals surface area (Å²) in [5, 5.41) is 5.96. The molecule has 4 heterocycles. The van der Waals surface area contributed by atoms with Gasteiger partial charge in [0.25, 0.3) is 0 Å². The first-order valence-corrected chi connectivity index (χ1v) is 16.7. The van der Waals surface area contributed by atoms with Crippen molar-refractivity contribution < 1.29 is 13.3 Å². The maximum absolute atomic E-state index is 6.51. The van der Waals surface area contributed by atoms with E-state index in [1.807, 2.05) is 109 Å². The van der Waals surface area contributed by atoms with Crippen molar-refractivity contribution in [1.29, 1.82) is 0 Å². The maximum atomic E-state index is 6.51. The van der Waals surface area contributed by atoms with Crippen LogP contribution in [0, 0.1) is 0 Å². The topological polar surface area (TPSA) is 91.0 Å². The minimum atomic E-state index is 0.583. The van der Waals surface area contributed by atoms with Crippen LogP contribution in [0.15, 0.2) is 159 Å². The van der Waals surface area contributed by atoms with E-state index in [0.29, 0.717) is 28.9 Å². The zero-order chi connectivity index (χ0) is 33.5. The number of para-hydroxylation sites is 1. The van der Waals surface area contributed by atoms with Gasteiger partial charge >= 0.3 is 0 Å². The highest BCUT2D eigenvalue weighted by atomic mass is 16.4. The number of benzene rings is 7. The van der Waals surface area contributed by atoms with E-state index >= 15 is 0 Å². The molecular weight excluding hydrogens is 633 g/mol. The summed E-state index contributed by atoms with van der Waals surface area (Å²) in [6, 6.07) is 48.5. The summed E-state index contributed by atoms with van der Waals surface area (Å²) < 4.78 is 19.0. The van der Waals surface area contributed by atoms with Gasteiger partial charge in [-0.05, 0) is 72.1 Å². The van der Waals surface area contributed by atoms with Gasteiger partial charge in [-0.15, -0.1) is 0 Å². The van der Waals surface area contributed by atoms with Crippen LogP contribution in [-0.4, -0.2) is 19.9 Å². The molecule has 0 amide bonds. The fraction of sp³-hybridized carbons (Fsp3) is 0. The van der Waals surface area contributed by atoms with Crippen molar-refractivity contribution in [3.63, 3.8) is 0 Å². The van der Waals surface area contributed by atoms with Gasteiger partial charge in [0.05, 0.1) is 5.39 Å². The summed E-state index contributed by atoms with van der Waals surface area (Å²) in [6.45, 7) is 0. The highest BCUT2D eigenvalue weighted by Gasteiger charge is 2.19. The normalized spacial score (nSPS) is 11.9. The van der Waals surface area contributed by atoms with Gasteiger partial charge in [0.1, 0.15) is 27.8 Å². The Morgan fingerprint density at radius 1 is 0.353 bits per heavy atom. The molecule has 11 aromatic rings. The van der Waals surface area contributed by atoms with E-state index in [2.05, 4.69) is 36.4 Å². The molecule has 7 aromatic carbocycles. The van der Waals surface area contributed by atoms with Gasteiger partial charge < -0.3 is 13.3 Å². The summed E-state index contributed by atoms with van der Waals surface area (Å²) >= 11 is 0. The molecule has 0 spiro atoms. The number of furan rings is 2. The average Bonchev–Trinajstić information content (AvgIpc) is 3.91. The molecule has 0 atom stereocenters. The molecule has 4 aromatic heterocycles. The maximum Gasteiger partial charge on any atom is 0.227 e. The van der Waals surface area contributed by atoms with Gasteiger partial charge in [-0.3, -0.25) is 0 Å². The van der Waals surface area contributed by atoms with Crippen molar-refractivity contribution in [3.8, 4) is 45.6 Å². The second-order valence-electron chi connectivity index (χ2n) is 12.6. The van der Waals surface area contributed by atoms with Gasteiger partial charge in [0, 0.05) is 43.8 Å². The van der Waals surface area contributed by atoms with E-state index in [9.17, 15) is 0 Å². The molecule has 0 bridgehead atoms. The van der Waals surface area contributed by atoms with Crippen molar-refractivity contribution in [2.45, 2.75) is 0 Å². The first-order chi connectivity index (χ1) is 25.2. The summed E-state index contributed by atoms with van der Waals surface area (Å²) in [5.41, 5.74) is 8.33. The minimum absolute atomic E-state index is 0.583. The molecule has 0 fully saturated rings. The Labute approximate surface area is 289 Å². The van der Waals surface area contributed by atoms with Gasteiger partial charge in [-0.1, -0.05) is 78.9 Å². The fourth-order valence-electron chi connectivity index (χ4n) is 7.09. The van der Waals surface area contributed by atoms with Crippen LogP contribution in [0.2, 0.25) is 0 Å². The third kappa shape index (κ3) is 4.38. The molecule has 0 unspecified atom stereocenters. The molecular formula is C44H24N4O3. The summed E-state index contributed by atoms with van der Waals surface area (Å²) in [4.78, 5) is 19.8. The Bertz CT molecular complexity index is 3140. The molecule has 7 heteroatoms. The van der Waals surface area contributed by atoms with Crippen LogP contribution in [-0.2, 0) is 0 Å². The third-order valence-electron chi connectivity index (χ3n) is 9.55. The monoisotopic (exact) mass is 656 g/mol. The number of rotatable bonds is 4. The number of oxazole rings is 1. The van der Waals surface area contributed by atoms with Crippen molar-refractivity contribution in [3.05, 3.63) is 146 Å². The highest BCUT2D eigenvalue weighted by Crippen LogP contribution is 2.40. The van der Waals surface area contributed by atoms with Crippen LogP contribution in [0.1, 0.15) is 0 Å². The van der Waals surface area contributed by atoms with Crippen molar-refractivity contribution in [1.82, 2.24) is 19.9 Å². The van der Waals surface area contributed by atoms with E-state index in [1.54, 1.807) is 0 Å². The third-order valence-corrected chi connectivity index (χ3v) is 9.55. The summed E-state index contributed by atoms with van der Waals surface area (Å²) in [6.07, 6.45) is 0. The van der Waals surface area contributed by atoms with Crippen molar-refractivity contribution in [2.24, 2.45) is 0 Å². The van der Waals surface area contributed by atoms with Crippen LogP contribution in [0.4, 0.5) is 0 Å². The van der Waals surface area contributed by atoms with E-state index in [-0.39, 0.29) is 0 Å². The second-order valence-corrected chi connectivity index (χ2v) is 12.6. The zero-order valence-corrected chi connectivity index (χ0v) is 26.9. The lowest BCUT2D eigenvalue weighted by molar-refractivity contribution is 0.622. The van der Waals surface area contributed by atoms with E-state index in [1.165, 1.54) is 0 Å². The van der Waals surface area contributed by atoms with E-state index < -0.39 is 0 Å². The number of aromatic nitrogens is 4. The van der Waals surface area contributed by atoms with Crippen LogP contribution in [0.5, 0.6) is 0 Å². The highest BCUT2D eigenvalue weighted by molar-refractivity contribution is 6.21. The molecule has 0 aliphatic rings. The Balaban J connectivity index is 1.06. The van der Waals surface area contributed by atoms with E-state index in [4.69, 9.17) is 33.2 Å². The van der Waals surface area contributed by atoms with Crippen LogP contribution < -0.4 is 0 Å². The van der Waals surface area contributed by atoms with E-state index in [0.717, 1.165) is 82.4 Å². The lowest BCUT2D eigenvalue weighted by Crippen LogP contribution is -2.00. The second kappa shape index (κ2) is 10.7. The SMILES string of the molecule is c1ccc(-c2nc(-c3ccc4c(ccc5c4oc4ccc6nc(-c7ccccc7)oc6c45)c3)nc(-c3ccc4oc5ccccc5c4c3)n2)cc1. The van der Waals surface area contributed by atoms with Crippen LogP contribution in [0.3, 0.4) is 0 Å². The number of hydrogen-bond acceptors (Lipinski definition) is 7. The molecule has 11 rings (SSSR count). The minimum Gasteiger partial charge on any atom is -0.456 e. The predicted molar refractivity (Wildman–Crippen MR) is 201 cm³/mol. The molecule has 238 valence electrons. The first kappa shape index (κ1) is 27.8. The number of hydrogen-bond donors (Lipinski definition) is 0. The standard InChI is InChI=1S/C44H24N4O3/c1-3-9-25(10-4-1)41-46-42(48-43(47-41)29-17-21-36-33(24-29)31-13-7-8-14-35(31)49-36)28-16-18-30-27(23-28)15-19-32-38-37(50-39(30)32)22-20-34-40(38)51-44(45-34)26-11-5-2-6-12-26/h1-24H.